The van der Waals surface area contributed by atoms with Crippen LogP contribution in [0.2, 0.25) is 0 Å². The minimum absolute atomic E-state index is 0. The van der Waals surface area contributed by atoms with Crippen molar-refractivity contribution in [3.05, 3.63) is 118 Å². The molecule has 2 heterocycles. The fourth-order valence-corrected chi connectivity index (χ4v) is 5.62. The van der Waals surface area contributed by atoms with E-state index in [-0.39, 0.29) is 63.8 Å². The van der Waals surface area contributed by atoms with Crippen LogP contribution in [0.25, 0.3) is 31.4 Å². The average Bonchev–Trinajstić information content (AvgIpc) is 3.52. The second-order valence-electron chi connectivity index (χ2n) is 7.25. The molecule has 0 bridgehead atoms. The molecular weight excluding hydrogens is 602 g/mol. The summed E-state index contributed by atoms with van der Waals surface area (Å²) >= 11 is 3.35. The number of halogens is 2. The van der Waals surface area contributed by atoms with Gasteiger partial charge in [-0.3, -0.25) is 0 Å². The van der Waals surface area contributed by atoms with Gasteiger partial charge in [-0.2, -0.15) is 0 Å². The first-order chi connectivity index (χ1) is 14.9. The van der Waals surface area contributed by atoms with Crippen LogP contribution in [-0.4, -0.2) is 0 Å². The van der Waals surface area contributed by atoms with Crippen molar-refractivity contribution in [3.63, 3.8) is 0 Å². The van der Waals surface area contributed by atoms with Gasteiger partial charge < -0.3 is 24.8 Å². The molecule has 2 aliphatic rings. The first-order valence-electron chi connectivity index (χ1n) is 9.86. The fraction of sp³-hybridized carbons (Fsp3) is 0. The van der Waals surface area contributed by atoms with Crippen LogP contribution in [0, 0.1) is 20.8 Å². The molecule has 34 heavy (non-hydrogen) atoms. The molecule has 0 saturated carbocycles. The molecule has 2 aliphatic heterocycles. The molecule has 0 N–H and O–H groups in total. The summed E-state index contributed by atoms with van der Waals surface area (Å²) in [5.74, 6) is 0. The molecule has 0 nitrogen and oxygen atoms in total. The van der Waals surface area contributed by atoms with Gasteiger partial charge in [-0.25, -0.2) is 0 Å². The number of benzene rings is 4. The number of fused-ring (bicyclic) bond motifs is 2. The minimum Gasteiger partial charge on any atom is -1.00 e. The second-order valence-corrected chi connectivity index (χ2v) is 9.01. The molecule has 0 atom stereocenters. The van der Waals surface area contributed by atoms with Crippen LogP contribution in [-0.2, 0) is 39.0 Å². The quantitative estimate of drug-likeness (QED) is 0.244. The predicted octanol–water partition coefficient (Wildman–Crippen LogP) is 0.0238. The predicted molar refractivity (Wildman–Crippen MR) is 133 cm³/mol. The first-order valence-corrected chi connectivity index (χ1v) is 11.5. The average molecular weight is 618 g/mol. The zero-order chi connectivity index (χ0) is 19.9. The van der Waals surface area contributed by atoms with E-state index in [1.165, 1.54) is 52.2 Å². The van der Waals surface area contributed by atoms with Gasteiger partial charge in [0.05, 0.1) is 0 Å². The Hall–Kier alpha value is -1.55. The number of allylic oxidation sites excluding steroid dienone is 2. The monoisotopic (exact) mass is 614 g/mol. The summed E-state index contributed by atoms with van der Waals surface area (Å²) in [6.45, 7) is 0. The van der Waals surface area contributed by atoms with Crippen molar-refractivity contribution in [1.82, 2.24) is 0 Å². The van der Waals surface area contributed by atoms with E-state index >= 15 is 0 Å². The van der Waals surface area contributed by atoms with Crippen molar-refractivity contribution in [1.29, 1.82) is 0 Å². The van der Waals surface area contributed by atoms with Crippen LogP contribution in [0.1, 0.15) is 0 Å². The van der Waals surface area contributed by atoms with E-state index in [0.29, 0.717) is 0 Å². The third kappa shape index (κ3) is 5.03. The van der Waals surface area contributed by atoms with Crippen LogP contribution in [0.5, 0.6) is 0 Å². The summed E-state index contributed by atoms with van der Waals surface area (Å²) in [4.78, 5) is 2.49. The molecule has 0 radical (unpaired) electrons. The van der Waals surface area contributed by atoms with Gasteiger partial charge in [0.25, 0.3) is 0 Å². The Kier molecular flexibility index (Phi) is 10.5. The maximum Gasteiger partial charge on any atom is 0.0439 e. The molecule has 6 rings (SSSR count). The third-order valence-electron chi connectivity index (χ3n) is 5.58. The van der Waals surface area contributed by atoms with E-state index in [2.05, 4.69) is 95.3 Å². The zero-order valence-electron chi connectivity index (χ0n) is 18.2. The summed E-state index contributed by atoms with van der Waals surface area (Å²) in [7, 11) is 0. The molecule has 0 unspecified atom stereocenters. The van der Waals surface area contributed by atoms with Gasteiger partial charge in [0.15, 0.2) is 0 Å². The molecule has 160 valence electrons. The van der Waals surface area contributed by atoms with Crippen molar-refractivity contribution in [2.75, 3.05) is 0 Å². The number of hydrogen-bond acceptors (Lipinski definition) is 0. The summed E-state index contributed by atoms with van der Waals surface area (Å²) in [5.41, 5.74) is 0. The Labute approximate surface area is 243 Å². The molecule has 0 fully saturated rings. The van der Waals surface area contributed by atoms with E-state index in [0.717, 1.165) is 0 Å². The molecule has 0 aliphatic carbocycles. The van der Waals surface area contributed by atoms with Gasteiger partial charge in [0, 0.05) is 59.2 Å². The largest absolute Gasteiger partial charge is 1.00 e. The van der Waals surface area contributed by atoms with Gasteiger partial charge in [0.2, 0.25) is 0 Å². The fourth-order valence-electron chi connectivity index (χ4n) is 4.26. The van der Waals surface area contributed by atoms with Gasteiger partial charge in [-0.1, -0.05) is 106 Å². The Morgan fingerprint density at radius 2 is 0.912 bits per heavy atom. The smallest absolute Gasteiger partial charge is 0.0439 e. The summed E-state index contributed by atoms with van der Waals surface area (Å²) < 4.78 is 0. The Balaban J connectivity index is 0.00000102. The van der Waals surface area contributed by atoms with Crippen LogP contribution in [0.4, 0.5) is 0 Å². The van der Waals surface area contributed by atoms with E-state index in [1.54, 1.807) is 22.3 Å². The standard InChI is InChI=1S/C28H16S2.2ClH.2Zn/c1-3-9-21-19(7-1)13-15-23(25-11-5-17-29-25)27(21)28-22-10-4-2-8-20(22)14-16-24(28)26-12-6-18-30-26;;;;/h1-16H;2*1H;;/p-2. The maximum absolute atomic E-state index is 3.27. The second kappa shape index (κ2) is 12.4. The molecule has 6 heteroatoms. The van der Waals surface area contributed by atoms with Crippen molar-refractivity contribution in [3.8, 4) is 10.4 Å². The maximum atomic E-state index is 3.27. The minimum atomic E-state index is 0. The van der Waals surface area contributed by atoms with E-state index in [9.17, 15) is 0 Å². The van der Waals surface area contributed by atoms with Crippen molar-refractivity contribution < 1.29 is 63.8 Å². The number of hydrogen-bond donors (Lipinski definition) is 0. The topological polar surface area (TPSA) is 0 Å². The summed E-state index contributed by atoms with van der Waals surface area (Å²) in [6.07, 6.45) is 8.36. The molecule has 4 aromatic carbocycles. The van der Waals surface area contributed by atoms with Gasteiger partial charge in [-0.05, 0) is 56.3 Å². The Bertz CT molecular complexity index is 1680. The van der Waals surface area contributed by atoms with Crippen LogP contribution >= 0.6 is 22.3 Å². The molecule has 4 aromatic rings. The molecule has 0 aromatic heterocycles. The van der Waals surface area contributed by atoms with Crippen LogP contribution in [0.3, 0.4) is 0 Å². The Morgan fingerprint density at radius 1 is 0.500 bits per heavy atom. The summed E-state index contributed by atoms with van der Waals surface area (Å²) in [5, 5.41) is 16.7. The van der Waals surface area contributed by atoms with Gasteiger partial charge in [-0.15, -0.1) is 0 Å². The van der Waals surface area contributed by atoms with Gasteiger partial charge >= 0.3 is 0 Å². The van der Waals surface area contributed by atoms with Crippen LogP contribution in [0.15, 0.2) is 97.1 Å². The zero-order valence-corrected chi connectivity index (χ0v) is 27.3. The van der Waals surface area contributed by atoms with Crippen molar-refractivity contribution in [2.45, 2.75) is 0 Å². The van der Waals surface area contributed by atoms with Crippen LogP contribution < -0.4 is 35.3 Å². The Morgan fingerprint density at radius 3 is 1.29 bits per heavy atom. The third-order valence-corrected chi connectivity index (χ3v) is 7.24. The molecule has 0 saturated heterocycles. The van der Waals surface area contributed by atoms with Crippen molar-refractivity contribution >= 4 is 53.7 Å². The van der Waals surface area contributed by atoms with Crippen molar-refractivity contribution in [2.24, 2.45) is 0 Å². The number of rotatable bonds is 0. The normalized spacial score (nSPS) is 16.7. The molecule has 0 spiro atoms. The first kappa shape index (κ1) is 28.7. The molecular formula is C28H16Cl2S2Zn2-2. The van der Waals surface area contributed by atoms with E-state index in [4.69, 9.17) is 0 Å². The van der Waals surface area contributed by atoms with E-state index in [1.807, 2.05) is 12.2 Å². The summed E-state index contributed by atoms with van der Waals surface area (Å²) in [6, 6.07) is 26.4. The SMILES string of the molecule is C1#SC(=c2ccc3ccccc3c2=c2c(=C3C=CC#S3)ccc3ccccc23)C=C1.[Cl-].[Cl-].[Zn].[Zn]. The molecule has 0 amide bonds. The van der Waals surface area contributed by atoms with Gasteiger partial charge in [0.1, 0.15) is 0 Å². The van der Waals surface area contributed by atoms with E-state index < -0.39 is 0 Å².